The van der Waals surface area contributed by atoms with E-state index in [9.17, 15) is 22.8 Å². The predicted octanol–water partition coefficient (Wildman–Crippen LogP) is 4.48. The number of halogens is 1. The summed E-state index contributed by atoms with van der Waals surface area (Å²) >= 11 is 6.69. The highest BCUT2D eigenvalue weighted by molar-refractivity contribution is 8.14. The molecule has 34 heavy (non-hydrogen) atoms. The van der Waals surface area contributed by atoms with E-state index in [0.29, 0.717) is 34.0 Å². The molecule has 2 amide bonds. The van der Waals surface area contributed by atoms with Gasteiger partial charge in [0, 0.05) is 29.0 Å². The minimum atomic E-state index is -3.97. The van der Waals surface area contributed by atoms with Crippen LogP contribution in [-0.2, 0) is 21.2 Å². The smallest absolute Gasteiger partial charge is 0.264 e. The van der Waals surface area contributed by atoms with Gasteiger partial charge in [0.1, 0.15) is 0 Å². The number of thioether (sulfide) groups is 1. The molecule has 0 aromatic heterocycles. The predicted molar refractivity (Wildman–Crippen MR) is 133 cm³/mol. The molecular weight excluding hydrogens is 496 g/mol. The summed E-state index contributed by atoms with van der Waals surface area (Å²) in [5.74, 6) is -0.656. The Morgan fingerprint density at radius 3 is 2.18 bits per heavy atom. The molecule has 3 rings (SSSR count). The first kappa shape index (κ1) is 25.5. The van der Waals surface area contributed by atoms with Crippen LogP contribution in [0.2, 0.25) is 0 Å². The molecule has 10 heteroatoms. The Morgan fingerprint density at radius 2 is 1.56 bits per heavy atom. The minimum Gasteiger partial charge on any atom is -0.322 e. The molecule has 7 nitrogen and oxygen atoms in total. The number of amides is 2. The molecule has 0 fully saturated rings. The van der Waals surface area contributed by atoms with Gasteiger partial charge in [-0.3, -0.25) is 14.4 Å². The molecule has 0 aliphatic rings. The van der Waals surface area contributed by atoms with Crippen LogP contribution < -0.4 is 10.0 Å². The number of sulfonamides is 1. The Balaban J connectivity index is 1.73. The lowest BCUT2D eigenvalue weighted by Crippen LogP contribution is -2.28. The van der Waals surface area contributed by atoms with Crippen molar-refractivity contribution >= 4 is 56.0 Å². The zero-order valence-electron chi connectivity index (χ0n) is 18.1. The summed E-state index contributed by atoms with van der Waals surface area (Å²) in [5.41, 5.74) is 2.20. The van der Waals surface area contributed by atoms with Crippen LogP contribution in [0.3, 0.4) is 0 Å². The first-order chi connectivity index (χ1) is 16.2. The van der Waals surface area contributed by atoms with E-state index in [0.717, 1.165) is 24.2 Å². The maximum Gasteiger partial charge on any atom is 0.264 e. The summed E-state index contributed by atoms with van der Waals surface area (Å²) in [5, 5.41) is 2.49. The van der Waals surface area contributed by atoms with Crippen molar-refractivity contribution < 1.29 is 22.8 Å². The molecular formula is C24H21ClN2O5S2. The van der Waals surface area contributed by atoms with E-state index in [2.05, 4.69) is 5.32 Å². The Labute approximate surface area is 207 Å². The fourth-order valence-electron chi connectivity index (χ4n) is 2.98. The number of benzene rings is 3. The summed E-state index contributed by atoms with van der Waals surface area (Å²) in [6.07, 6.45) is 0.715. The van der Waals surface area contributed by atoms with Gasteiger partial charge in [-0.15, -0.1) is 11.6 Å². The van der Waals surface area contributed by atoms with Crippen molar-refractivity contribution in [1.82, 2.24) is 4.72 Å². The van der Waals surface area contributed by atoms with Crippen molar-refractivity contribution in [2.45, 2.75) is 23.1 Å². The minimum absolute atomic E-state index is 0.112. The van der Waals surface area contributed by atoms with Crippen LogP contribution in [0.15, 0.2) is 82.6 Å². The van der Waals surface area contributed by atoms with Crippen molar-refractivity contribution in [2.75, 3.05) is 11.2 Å². The molecule has 176 valence electrons. The van der Waals surface area contributed by atoms with Gasteiger partial charge < -0.3 is 5.32 Å². The average molecular weight is 517 g/mol. The monoisotopic (exact) mass is 516 g/mol. The number of hydrogen-bond donors (Lipinski definition) is 2. The summed E-state index contributed by atoms with van der Waals surface area (Å²) < 4.78 is 26.0. The van der Waals surface area contributed by atoms with E-state index in [1.807, 2.05) is 16.9 Å². The van der Waals surface area contributed by atoms with Gasteiger partial charge in [0.15, 0.2) is 0 Å². The normalized spacial score (nSPS) is 11.0. The number of hydrogen-bond acceptors (Lipinski definition) is 6. The fraction of sp³-hybridized carbons (Fsp3) is 0.125. The lowest BCUT2D eigenvalue weighted by molar-refractivity contribution is -0.117. The third-order valence-electron chi connectivity index (χ3n) is 4.61. The quantitative estimate of drug-likeness (QED) is 0.337. The van der Waals surface area contributed by atoms with Gasteiger partial charge in [-0.05, 0) is 60.1 Å². The first-order valence-electron chi connectivity index (χ1n) is 10.1. The maximum atomic E-state index is 12.9. The number of carbonyl (C=O) groups excluding carboxylic acids is 3. The Morgan fingerprint density at radius 1 is 0.912 bits per heavy atom. The highest BCUT2D eigenvalue weighted by Gasteiger charge is 2.18. The van der Waals surface area contributed by atoms with Crippen molar-refractivity contribution in [3.05, 3.63) is 89.5 Å². The van der Waals surface area contributed by atoms with Gasteiger partial charge in [-0.25, -0.2) is 13.1 Å². The largest absolute Gasteiger partial charge is 0.322 e. The van der Waals surface area contributed by atoms with Gasteiger partial charge in [-0.1, -0.05) is 36.4 Å². The Bertz CT molecular complexity index is 1310. The second-order valence-corrected chi connectivity index (χ2v) is 10.2. The molecule has 0 saturated carbocycles. The van der Waals surface area contributed by atoms with E-state index >= 15 is 0 Å². The van der Waals surface area contributed by atoms with Crippen molar-refractivity contribution in [2.24, 2.45) is 0 Å². The highest BCUT2D eigenvalue weighted by atomic mass is 35.5. The zero-order valence-corrected chi connectivity index (χ0v) is 20.5. The number of rotatable bonds is 8. The molecule has 2 N–H and O–H groups in total. The standard InChI is InChI=1S/C24H21ClN2O5S2/c1-16(28)27-34(31,32)20-12-10-19(11-13-20)26-23(29)21-4-2-3-5-22(21)33-24(30)18-8-6-17(7-9-18)14-15-25/h2-13H,14-15H2,1H3,(H,26,29)(H,27,28). The number of nitrogens with one attached hydrogen (secondary N) is 2. The molecule has 0 radical (unpaired) electrons. The van der Waals surface area contributed by atoms with Gasteiger partial charge in [0.25, 0.3) is 15.9 Å². The molecule has 0 aliphatic heterocycles. The van der Waals surface area contributed by atoms with E-state index in [4.69, 9.17) is 11.6 Å². The van der Waals surface area contributed by atoms with E-state index < -0.39 is 21.8 Å². The van der Waals surface area contributed by atoms with Gasteiger partial charge >= 0.3 is 0 Å². The third kappa shape index (κ3) is 6.69. The Hall–Kier alpha value is -3.14. The maximum absolute atomic E-state index is 12.9. The molecule has 0 heterocycles. The van der Waals surface area contributed by atoms with Crippen LogP contribution in [0.5, 0.6) is 0 Å². The number of alkyl halides is 1. The molecule has 3 aromatic carbocycles. The van der Waals surface area contributed by atoms with Gasteiger partial charge in [0.05, 0.1) is 10.5 Å². The third-order valence-corrected chi connectivity index (χ3v) is 7.24. The SMILES string of the molecule is CC(=O)NS(=O)(=O)c1ccc(NC(=O)c2ccccc2SC(=O)c2ccc(CCCl)cc2)cc1. The summed E-state index contributed by atoms with van der Waals surface area (Å²) in [6, 6.07) is 19.3. The zero-order chi connectivity index (χ0) is 24.7. The molecule has 0 saturated heterocycles. The van der Waals surface area contributed by atoms with Crippen molar-refractivity contribution in [3.63, 3.8) is 0 Å². The van der Waals surface area contributed by atoms with Crippen LogP contribution in [0.1, 0.15) is 33.2 Å². The number of carbonyl (C=O) groups is 3. The Kier molecular flexibility index (Phi) is 8.49. The second-order valence-electron chi connectivity index (χ2n) is 7.16. The molecule has 0 atom stereocenters. The second kappa shape index (κ2) is 11.3. The van der Waals surface area contributed by atoms with E-state index in [1.165, 1.54) is 24.3 Å². The van der Waals surface area contributed by atoms with Crippen LogP contribution >= 0.6 is 23.4 Å². The average Bonchev–Trinajstić information content (AvgIpc) is 2.79. The highest BCUT2D eigenvalue weighted by Crippen LogP contribution is 2.27. The number of anilines is 1. The summed E-state index contributed by atoms with van der Waals surface area (Å²) in [4.78, 5) is 37.1. The molecule has 0 unspecified atom stereocenters. The lowest BCUT2D eigenvalue weighted by atomic mass is 10.1. The molecule has 0 bridgehead atoms. The van der Waals surface area contributed by atoms with Gasteiger partial charge in [-0.2, -0.15) is 0 Å². The van der Waals surface area contributed by atoms with Crippen molar-refractivity contribution in [3.8, 4) is 0 Å². The molecule has 0 aliphatic carbocycles. The molecule has 0 spiro atoms. The van der Waals surface area contributed by atoms with Crippen molar-refractivity contribution in [1.29, 1.82) is 0 Å². The fourth-order valence-corrected chi connectivity index (χ4v) is 5.06. The van der Waals surface area contributed by atoms with E-state index in [1.54, 1.807) is 36.4 Å². The van der Waals surface area contributed by atoms with E-state index in [-0.39, 0.29) is 10.0 Å². The topological polar surface area (TPSA) is 109 Å². The summed E-state index contributed by atoms with van der Waals surface area (Å²) in [6.45, 7) is 1.10. The first-order valence-corrected chi connectivity index (χ1v) is 12.9. The van der Waals surface area contributed by atoms with Crippen LogP contribution in [0, 0.1) is 0 Å². The van der Waals surface area contributed by atoms with Crippen LogP contribution in [0.25, 0.3) is 0 Å². The summed E-state index contributed by atoms with van der Waals surface area (Å²) in [7, 11) is -3.97. The lowest BCUT2D eigenvalue weighted by Gasteiger charge is -2.10. The van der Waals surface area contributed by atoms with Gasteiger partial charge in [0.2, 0.25) is 11.0 Å². The number of aryl methyl sites for hydroxylation is 1. The van der Waals surface area contributed by atoms with Crippen LogP contribution in [0.4, 0.5) is 5.69 Å². The van der Waals surface area contributed by atoms with Crippen LogP contribution in [-0.4, -0.2) is 31.2 Å². The molecule has 3 aromatic rings.